The van der Waals surface area contributed by atoms with Gasteiger partial charge < -0.3 is 5.32 Å². The lowest BCUT2D eigenvalue weighted by Gasteiger charge is -2.40. The first kappa shape index (κ1) is 10.0. The van der Waals surface area contributed by atoms with Crippen LogP contribution in [0.1, 0.15) is 33.1 Å². The Labute approximate surface area is 82.2 Å². The van der Waals surface area contributed by atoms with Crippen molar-refractivity contribution in [1.82, 2.24) is 5.32 Å². The lowest BCUT2D eigenvalue weighted by Crippen LogP contribution is -2.39. The van der Waals surface area contributed by atoms with E-state index >= 15 is 0 Å². The van der Waals surface area contributed by atoms with Crippen molar-refractivity contribution in [1.29, 1.82) is 0 Å². The largest absolute Gasteiger partial charge is 0.346 e. The highest BCUT2D eigenvalue weighted by Gasteiger charge is 2.33. The summed E-state index contributed by atoms with van der Waals surface area (Å²) in [5.74, 6) is 0.803. The molecule has 0 aromatic heterocycles. The quantitative estimate of drug-likeness (QED) is 0.590. The Bertz CT molecular complexity index is 175. The van der Waals surface area contributed by atoms with E-state index in [0.29, 0.717) is 0 Å². The molecule has 0 radical (unpaired) electrons. The van der Waals surface area contributed by atoms with Gasteiger partial charge >= 0.3 is 0 Å². The normalized spacial score (nSPS) is 18.6. The molecule has 1 saturated carbocycles. The second-order valence-electron chi connectivity index (χ2n) is 4.24. The maximum Gasteiger partial charge on any atom is 0.287 e. The summed E-state index contributed by atoms with van der Waals surface area (Å²) >= 11 is 2.87. The SMILES string of the molecule is CC(C)(CNC(=O)Br)C1CCC1. The van der Waals surface area contributed by atoms with Gasteiger partial charge in [-0.1, -0.05) is 20.3 Å². The third kappa shape index (κ3) is 2.47. The Morgan fingerprint density at radius 1 is 1.58 bits per heavy atom. The number of nitrogens with one attached hydrogen (secondary N) is 1. The zero-order valence-electron chi connectivity index (χ0n) is 7.69. The van der Waals surface area contributed by atoms with Gasteiger partial charge in [0.2, 0.25) is 0 Å². The Morgan fingerprint density at radius 2 is 2.17 bits per heavy atom. The van der Waals surface area contributed by atoms with Crippen LogP contribution in [0.3, 0.4) is 0 Å². The smallest absolute Gasteiger partial charge is 0.287 e. The van der Waals surface area contributed by atoms with Gasteiger partial charge in [-0.2, -0.15) is 0 Å². The van der Waals surface area contributed by atoms with Gasteiger partial charge in [-0.15, -0.1) is 0 Å². The molecular weight excluding hydrogens is 218 g/mol. The molecule has 1 N–H and O–H groups in total. The number of amides is 1. The molecule has 0 unspecified atom stereocenters. The Hall–Kier alpha value is -0.0500. The average molecular weight is 234 g/mol. The molecule has 0 aromatic rings. The summed E-state index contributed by atoms with van der Waals surface area (Å²) in [6.07, 6.45) is 4.01. The van der Waals surface area contributed by atoms with E-state index in [0.717, 1.165) is 12.5 Å². The van der Waals surface area contributed by atoms with Crippen LogP contribution in [-0.4, -0.2) is 11.4 Å². The molecule has 1 aliphatic rings. The van der Waals surface area contributed by atoms with Crippen LogP contribution in [0.5, 0.6) is 0 Å². The van der Waals surface area contributed by atoms with E-state index in [-0.39, 0.29) is 10.2 Å². The van der Waals surface area contributed by atoms with Gasteiger partial charge in [0, 0.05) is 22.5 Å². The molecular formula is C9H16BrNO. The first-order chi connectivity index (χ1) is 5.52. The van der Waals surface area contributed by atoms with Crippen molar-refractivity contribution >= 4 is 20.7 Å². The van der Waals surface area contributed by atoms with Crippen LogP contribution in [0, 0.1) is 11.3 Å². The van der Waals surface area contributed by atoms with E-state index in [4.69, 9.17) is 0 Å². The van der Waals surface area contributed by atoms with Gasteiger partial charge in [0.25, 0.3) is 4.82 Å². The third-order valence-corrected chi connectivity index (χ3v) is 3.17. The lowest BCUT2D eigenvalue weighted by atomic mass is 9.67. The highest BCUT2D eigenvalue weighted by molar-refractivity contribution is 9.18. The minimum Gasteiger partial charge on any atom is -0.346 e. The highest BCUT2D eigenvalue weighted by Crippen LogP contribution is 2.41. The summed E-state index contributed by atoms with van der Waals surface area (Å²) in [6, 6.07) is 0. The summed E-state index contributed by atoms with van der Waals surface area (Å²) in [5.41, 5.74) is 0.266. The molecule has 1 aliphatic carbocycles. The van der Waals surface area contributed by atoms with Gasteiger partial charge in [-0.3, -0.25) is 4.79 Å². The fourth-order valence-corrected chi connectivity index (χ4v) is 1.77. The molecule has 0 spiro atoms. The fraction of sp³-hybridized carbons (Fsp3) is 0.889. The molecule has 70 valence electrons. The standard InChI is InChI=1S/C9H16BrNO/c1-9(2,6-11-8(10)12)7-4-3-5-7/h7H,3-6H2,1-2H3,(H,11,12). The van der Waals surface area contributed by atoms with Gasteiger partial charge in [-0.25, -0.2) is 0 Å². The Kier molecular flexibility index (Phi) is 3.16. The van der Waals surface area contributed by atoms with Crippen LogP contribution in [0.25, 0.3) is 0 Å². The number of halogens is 1. The van der Waals surface area contributed by atoms with Crippen molar-refractivity contribution in [3.8, 4) is 0 Å². The molecule has 0 aromatic carbocycles. The zero-order valence-corrected chi connectivity index (χ0v) is 9.28. The van der Waals surface area contributed by atoms with Crippen LogP contribution in [-0.2, 0) is 0 Å². The molecule has 0 heterocycles. The van der Waals surface area contributed by atoms with Gasteiger partial charge in [0.1, 0.15) is 0 Å². The molecule has 1 amide bonds. The summed E-state index contributed by atoms with van der Waals surface area (Å²) < 4.78 is 0. The number of hydrogen-bond acceptors (Lipinski definition) is 1. The summed E-state index contributed by atoms with van der Waals surface area (Å²) in [6.45, 7) is 5.22. The molecule has 0 saturated heterocycles. The third-order valence-electron chi connectivity index (χ3n) is 2.89. The molecule has 3 heteroatoms. The van der Waals surface area contributed by atoms with E-state index in [1.54, 1.807) is 0 Å². The maximum atomic E-state index is 10.6. The number of hydrogen-bond donors (Lipinski definition) is 1. The first-order valence-electron chi connectivity index (χ1n) is 4.46. The van der Waals surface area contributed by atoms with Crippen LogP contribution in [0.2, 0.25) is 0 Å². The van der Waals surface area contributed by atoms with Crippen molar-refractivity contribution in [2.24, 2.45) is 11.3 Å². The molecule has 0 atom stereocenters. The number of rotatable bonds is 3. The van der Waals surface area contributed by atoms with E-state index in [1.165, 1.54) is 19.3 Å². The number of carbonyl (C=O) groups excluding carboxylic acids is 1. The molecule has 12 heavy (non-hydrogen) atoms. The van der Waals surface area contributed by atoms with Crippen molar-refractivity contribution in [3.05, 3.63) is 0 Å². The van der Waals surface area contributed by atoms with Crippen LogP contribution < -0.4 is 5.32 Å². The molecule has 2 nitrogen and oxygen atoms in total. The highest BCUT2D eigenvalue weighted by atomic mass is 79.9. The van der Waals surface area contributed by atoms with E-state index in [9.17, 15) is 4.79 Å². The van der Waals surface area contributed by atoms with Crippen molar-refractivity contribution in [2.45, 2.75) is 33.1 Å². The van der Waals surface area contributed by atoms with Gasteiger partial charge in [0.15, 0.2) is 0 Å². The lowest BCUT2D eigenvalue weighted by molar-refractivity contribution is 0.122. The van der Waals surface area contributed by atoms with Gasteiger partial charge in [0.05, 0.1) is 0 Å². The van der Waals surface area contributed by atoms with Crippen molar-refractivity contribution in [3.63, 3.8) is 0 Å². The van der Waals surface area contributed by atoms with Crippen LogP contribution in [0.4, 0.5) is 4.79 Å². The molecule has 1 rings (SSSR count). The minimum atomic E-state index is -0.102. The minimum absolute atomic E-state index is 0.102. The first-order valence-corrected chi connectivity index (χ1v) is 5.25. The van der Waals surface area contributed by atoms with Crippen molar-refractivity contribution in [2.75, 3.05) is 6.54 Å². The van der Waals surface area contributed by atoms with E-state index in [1.807, 2.05) is 0 Å². The Morgan fingerprint density at radius 3 is 2.50 bits per heavy atom. The number of carbonyl (C=O) groups is 1. The average Bonchev–Trinajstić information content (AvgIpc) is 1.78. The second-order valence-corrected chi connectivity index (χ2v) is 4.96. The Balaban J connectivity index is 2.31. The van der Waals surface area contributed by atoms with Crippen LogP contribution >= 0.6 is 15.9 Å². The predicted octanol–water partition coefficient (Wildman–Crippen LogP) is 2.92. The summed E-state index contributed by atoms with van der Waals surface area (Å²) in [5, 5.41) is 2.81. The van der Waals surface area contributed by atoms with Crippen molar-refractivity contribution < 1.29 is 4.79 Å². The van der Waals surface area contributed by atoms with E-state index in [2.05, 4.69) is 35.1 Å². The predicted molar refractivity (Wildman–Crippen MR) is 53.4 cm³/mol. The topological polar surface area (TPSA) is 29.1 Å². The fourth-order valence-electron chi connectivity index (χ4n) is 1.63. The molecule has 0 bridgehead atoms. The molecule has 1 fully saturated rings. The zero-order chi connectivity index (χ0) is 9.19. The van der Waals surface area contributed by atoms with E-state index < -0.39 is 0 Å². The summed E-state index contributed by atoms with van der Waals surface area (Å²) in [7, 11) is 0. The van der Waals surface area contributed by atoms with Gasteiger partial charge in [-0.05, 0) is 24.2 Å². The maximum absolute atomic E-state index is 10.6. The van der Waals surface area contributed by atoms with Crippen LogP contribution in [0.15, 0.2) is 0 Å². The second kappa shape index (κ2) is 3.77. The molecule has 0 aliphatic heterocycles. The monoisotopic (exact) mass is 233 g/mol. The summed E-state index contributed by atoms with van der Waals surface area (Å²) in [4.78, 5) is 10.5.